The second kappa shape index (κ2) is 15.7. The molecule has 0 unspecified atom stereocenters. The van der Waals surface area contributed by atoms with E-state index in [1.54, 1.807) is 30.3 Å². The topological polar surface area (TPSA) is 69.7 Å². The first-order chi connectivity index (χ1) is 14.5. The number of thiol groups is 1. The molecule has 1 aromatic carbocycles. The summed E-state index contributed by atoms with van der Waals surface area (Å²) in [6, 6.07) is 8.47. The van der Waals surface area contributed by atoms with Gasteiger partial charge < -0.3 is 10.2 Å². The zero-order valence-corrected chi connectivity index (χ0v) is 20.3. The van der Waals surface area contributed by atoms with Gasteiger partial charge in [-0.25, -0.2) is 8.42 Å². The molecule has 1 amide bonds. The molecule has 1 aromatic rings. The molecule has 0 saturated carbocycles. The van der Waals surface area contributed by atoms with Gasteiger partial charge in [-0.15, -0.1) is 0 Å². The lowest BCUT2D eigenvalue weighted by atomic mass is 10.3. The number of amides is 1. The van der Waals surface area contributed by atoms with Crippen molar-refractivity contribution in [1.29, 1.82) is 0 Å². The zero-order chi connectivity index (χ0) is 22.2. The fraction of sp³-hybridized carbons (Fsp3) is 0.682. The smallest absolute Gasteiger partial charge is 0.243 e. The number of unbranched alkanes of at least 4 members (excludes halogenated alkanes) is 2. The summed E-state index contributed by atoms with van der Waals surface area (Å²) >= 11 is 4.34. The molecule has 0 radical (unpaired) electrons. The average Bonchev–Trinajstić information content (AvgIpc) is 2.74. The van der Waals surface area contributed by atoms with Gasteiger partial charge in [-0.05, 0) is 44.5 Å². The van der Waals surface area contributed by atoms with Crippen molar-refractivity contribution >= 4 is 28.6 Å². The van der Waals surface area contributed by atoms with Crippen molar-refractivity contribution in [2.24, 2.45) is 0 Å². The summed E-state index contributed by atoms with van der Waals surface area (Å²) in [6.07, 6.45) is 5.08. The van der Waals surface area contributed by atoms with Crippen LogP contribution in [-0.4, -0.2) is 68.6 Å². The van der Waals surface area contributed by atoms with E-state index in [4.69, 9.17) is 0 Å². The van der Waals surface area contributed by atoms with Gasteiger partial charge in [0.1, 0.15) is 0 Å². The highest BCUT2D eigenvalue weighted by Gasteiger charge is 2.24. The molecule has 30 heavy (non-hydrogen) atoms. The Hall–Kier alpha value is -1.09. The van der Waals surface area contributed by atoms with Crippen LogP contribution in [0.4, 0.5) is 0 Å². The highest BCUT2D eigenvalue weighted by atomic mass is 32.2. The minimum atomic E-state index is -3.63. The SMILES string of the molecule is CCCCNC(=O)CCN(CCCN(CCS)CCCC)S(=O)(=O)c1ccccc1. The van der Waals surface area contributed by atoms with E-state index in [1.807, 2.05) is 0 Å². The van der Waals surface area contributed by atoms with Crippen LogP contribution in [0.5, 0.6) is 0 Å². The summed E-state index contributed by atoms with van der Waals surface area (Å²) in [4.78, 5) is 14.7. The summed E-state index contributed by atoms with van der Waals surface area (Å²) in [6.45, 7) is 8.18. The van der Waals surface area contributed by atoms with Gasteiger partial charge in [0.25, 0.3) is 0 Å². The lowest BCUT2D eigenvalue weighted by Crippen LogP contribution is -2.38. The molecule has 0 saturated heterocycles. The van der Waals surface area contributed by atoms with Gasteiger partial charge in [0.15, 0.2) is 0 Å². The van der Waals surface area contributed by atoms with Crippen LogP contribution in [0.2, 0.25) is 0 Å². The van der Waals surface area contributed by atoms with Crippen LogP contribution in [-0.2, 0) is 14.8 Å². The van der Waals surface area contributed by atoms with Crippen LogP contribution >= 0.6 is 12.6 Å². The number of rotatable bonds is 17. The van der Waals surface area contributed by atoms with Gasteiger partial charge in [-0.2, -0.15) is 16.9 Å². The Morgan fingerprint density at radius 1 is 0.933 bits per heavy atom. The number of benzene rings is 1. The third-order valence-corrected chi connectivity index (χ3v) is 7.06. The van der Waals surface area contributed by atoms with E-state index in [-0.39, 0.29) is 23.8 Å². The molecule has 0 heterocycles. The van der Waals surface area contributed by atoms with Gasteiger partial charge in [-0.1, -0.05) is 44.9 Å². The number of hydrogen-bond acceptors (Lipinski definition) is 5. The lowest BCUT2D eigenvalue weighted by molar-refractivity contribution is -0.121. The first kappa shape index (κ1) is 26.9. The fourth-order valence-corrected chi connectivity index (χ4v) is 4.93. The monoisotopic (exact) mass is 457 g/mol. The van der Waals surface area contributed by atoms with Crippen LogP contribution in [0, 0.1) is 0 Å². The minimum absolute atomic E-state index is 0.101. The summed E-state index contributed by atoms with van der Waals surface area (Å²) < 4.78 is 27.8. The third-order valence-electron chi connectivity index (χ3n) is 4.95. The maximum atomic E-state index is 13.1. The molecule has 0 aliphatic carbocycles. The average molecular weight is 458 g/mol. The maximum Gasteiger partial charge on any atom is 0.243 e. The second-order valence-electron chi connectivity index (χ2n) is 7.44. The highest BCUT2D eigenvalue weighted by molar-refractivity contribution is 7.89. The van der Waals surface area contributed by atoms with Crippen LogP contribution < -0.4 is 5.32 Å². The molecular formula is C22H39N3O3S2. The van der Waals surface area contributed by atoms with Crippen molar-refractivity contribution in [3.63, 3.8) is 0 Å². The van der Waals surface area contributed by atoms with Crippen LogP contribution in [0.25, 0.3) is 0 Å². The number of carbonyl (C=O) groups excluding carboxylic acids is 1. The van der Waals surface area contributed by atoms with E-state index >= 15 is 0 Å². The van der Waals surface area contributed by atoms with Crippen molar-refractivity contribution in [2.45, 2.75) is 57.3 Å². The molecule has 0 bridgehead atoms. The quantitative estimate of drug-likeness (QED) is 0.278. The van der Waals surface area contributed by atoms with Crippen molar-refractivity contribution < 1.29 is 13.2 Å². The summed E-state index contributed by atoms with van der Waals surface area (Å²) in [5.41, 5.74) is 0. The summed E-state index contributed by atoms with van der Waals surface area (Å²) in [5.74, 6) is 0.685. The second-order valence-corrected chi connectivity index (χ2v) is 9.83. The molecule has 0 aliphatic rings. The Morgan fingerprint density at radius 2 is 1.60 bits per heavy atom. The van der Waals surface area contributed by atoms with E-state index in [1.165, 1.54) is 4.31 Å². The third kappa shape index (κ3) is 10.3. The van der Waals surface area contributed by atoms with Gasteiger partial charge >= 0.3 is 0 Å². The standard InChI is InChI=1S/C22H39N3O3S2/c1-3-5-14-23-22(26)13-18-25(30(27,28)21-11-8-7-9-12-21)17-10-16-24(19-20-29)15-6-4-2/h7-9,11-12,29H,3-6,10,13-20H2,1-2H3,(H,23,26). The molecular weight excluding hydrogens is 418 g/mol. The Labute approximate surface area is 188 Å². The molecule has 8 heteroatoms. The van der Waals surface area contributed by atoms with Crippen LogP contribution in [0.1, 0.15) is 52.4 Å². The van der Waals surface area contributed by atoms with E-state index in [9.17, 15) is 13.2 Å². The number of carbonyl (C=O) groups is 1. The van der Waals surface area contributed by atoms with Crippen LogP contribution in [0.3, 0.4) is 0 Å². The van der Waals surface area contributed by atoms with Gasteiger partial charge in [0.05, 0.1) is 4.90 Å². The molecule has 0 aliphatic heterocycles. The van der Waals surface area contributed by atoms with E-state index in [0.717, 1.165) is 57.5 Å². The van der Waals surface area contributed by atoms with Gasteiger partial charge in [0, 0.05) is 38.4 Å². The predicted octanol–water partition coefficient (Wildman–Crippen LogP) is 3.41. The van der Waals surface area contributed by atoms with E-state index in [0.29, 0.717) is 13.1 Å². The molecule has 1 rings (SSSR count). The Kier molecular flexibility index (Phi) is 14.1. The normalized spacial score (nSPS) is 11.9. The Balaban J connectivity index is 2.76. The first-order valence-corrected chi connectivity index (χ1v) is 13.2. The van der Waals surface area contributed by atoms with E-state index in [2.05, 4.69) is 36.7 Å². The Bertz CT molecular complexity index is 684. The summed E-state index contributed by atoms with van der Waals surface area (Å²) in [5, 5.41) is 2.87. The Morgan fingerprint density at radius 3 is 2.23 bits per heavy atom. The highest BCUT2D eigenvalue weighted by Crippen LogP contribution is 2.16. The molecule has 0 fully saturated rings. The lowest BCUT2D eigenvalue weighted by Gasteiger charge is -2.25. The molecule has 0 aromatic heterocycles. The van der Waals surface area contributed by atoms with Crippen molar-refractivity contribution in [3.8, 4) is 0 Å². The first-order valence-electron chi connectivity index (χ1n) is 11.1. The molecule has 0 atom stereocenters. The number of hydrogen-bond donors (Lipinski definition) is 2. The number of nitrogens with one attached hydrogen (secondary N) is 1. The molecule has 6 nitrogen and oxygen atoms in total. The fourth-order valence-electron chi connectivity index (χ4n) is 3.14. The van der Waals surface area contributed by atoms with Gasteiger partial charge in [-0.3, -0.25) is 4.79 Å². The number of nitrogens with zero attached hydrogens (tertiary/aromatic N) is 2. The minimum Gasteiger partial charge on any atom is -0.356 e. The summed E-state index contributed by atoms with van der Waals surface area (Å²) in [7, 11) is -3.63. The van der Waals surface area contributed by atoms with Crippen LogP contribution in [0.15, 0.2) is 35.2 Å². The number of sulfonamides is 1. The molecule has 172 valence electrons. The van der Waals surface area contributed by atoms with Crippen molar-refractivity contribution in [1.82, 2.24) is 14.5 Å². The molecule has 0 spiro atoms. The van der Waals surface area contributed by atoms with Crippen molar-refractivity contribution in [3.05, 3.63) is 30.3 Å². The van der Waals surface area contributed by atoms with Crippen molar-refractivity contribution in [2.75, 3.05) is 45.0 Å². The van der Waals surface area contributed by atoms with Gasteiger partial charge in [0.2, 0.25) is 15.9 Å². The maximum absolute atomic E-state index is 13.1. The predicted molar refractivity (Wildman–Crippen MR) is 128 cm³/mol. The largest absolute Gasteiger partial charge is 0.356 e. The molecule has 1 N–H and O–H groups in total. The zero-order valence-electron chi connectivity index (χ0n) is 18.6. The van der Waals surface area contributed by atoms with E-state index < -0.39 is 10.0 Å².